The first-order chi connectivity index (χ1) is 54.1. The zero-order chi connectivity index (χ0) is 87.1. The molecule has 0 spiro atoms. The van der Waals surface area contributed by atoms with Crippen LogP contribution in [0.5, 0.6) is 0 Å². The van der Waals surface area contributed by atoms with Gasteiger partial charge in [0, 0.05) is 95.0 Å². The number of nitrogens with zero attached hydrogens (tertiary/aromatic N) is 4. The third kappa shape index (κ3) is 16.7. The number of rotatable bonds is 10. The summed E-state index contributed by atoms with van der Waals surface area (Å²) in [6.45, 7) is 18.3. The van der Waals surface area contributed by atoms with Crippen molar-refractivity contribution < 1.29 is 42.9 Å². The third-order valence-electron chi connectivity index (χ3n) is 18.8. The van der Waals surface area contributed by atoms with E-state index in [1.54, 1.807) is 55.6 Å². The van der Waals surface area contributed by atoms with E-state index in [0.29, 0.717) is 38.9 Å². The first kappa shape index (κ1) is 52.4. The standard InChI is InChI=1S/C26H32N.C24H28N.C23H26N.C22H24N/c1-18-10-8-11-19(2)25(18)23-13-9-12-22(20(23)3)24-16-21(14-15-27(24)7)17-26(4,5)6;1-16(2)20-13-14-25(6)23(15-20)21-11-8-12-22(19(21)5)24-17(3)9-7-10-18(24)4;1-15-9-7-10-16(2)23(15)21-12-8-11-20(19(21)5)22-13-17(3)18(4)14-24(22)6;1-15-12-13-23(5)21(14-15)19-10-7-11-20(18(19)4)22-16(2)8-6-9-17(22)3/h8-16H,17H2,1-7H3;7-16H,1-6H3;7-14H,1-6H3;6-14H,1-5H3/q4*+1/i1D3,17D2;3D3,16D;1D3,4D3;2D3. The fourth-order valence-corrected chi connectivity index (χ4v) is 13.3. The number of hydrogen-bond donors (Lipinski definition) is 0. The lowest BCUT2D eigenvalue weighted by Crippen LogP contribution is -2.31. The zero-order valence-electron chi connectivity index (χ0n) is 79.5. The minimum absolute atomic E-state index is 0.325. The van der Waals surface area contributed by atoms with E-state index < -0.39 is 51.9 Å². The van der Waals surface area contributed by atoms with Crippen molar-refractivity contribution in [1.29, 1.82) is 0 Å². The van der Waals surface area contributed by atoms with Crippen molar-refractivity contribution in [2.45, 2.75) is 150 Å². The van der Waals surface area contributed by atoms with Gasteiger partial charge in [-0.3, -0.25) is 0 Å². The van der Waals surface area contributed by atoms with Crippen molar-refractivity contribution in [3.63, 3.8) is 0 Å². The Morgan fingerprint density at radius 2 is 0.636 bits per heavy atom. The van der Waals surface area contributed by atoms with Gasteiger partial charge in [0.15, 0.2) is 24.8 Å². The molecule has 12 rings (SSSR count). The van der Waals surface area contributed by atoms with Crippen molar-refractivity contribution in [3.05, 3.63) is 307 Å². The highest BCUT2D eigenvalue weighted by Crippen LogP contribution is 2.40. The Balaban J connectivity index is 0.000000178. The lowest BCUT2D eigenvalue weighted by molar-refractivity contribution is -0.660. The second kappa shape index (κ2) is 31.5. The predicted molar refractivity (Wildman–Crippen MR) is 422 cm³/mol. The van der Waals surface area contributed by atoms with Crippen LogP contribution in [-0.2, 0) is 34.6 Å². The predicted octanol–water partition coefficient (Wildman–Crippen LogP) is 22.7. The monoisotopic (exact) mass is 1320 g/mol. The summed E-state index contributed by atoms with van der Waals surface area (Å²) in [6.07, 6.45) is 6.08. The first-order valence-electron chi connectivity index (χ1n) is 42.9. The van der Waals surface area contributed by atoms with E-state index in [4.69, 9.17) is 24.7 Å². The summed E-state index contributed by atoms with van der Waals surface area (Å²) in [5, 5.41) is 0. The van der Waals surface area contributed by atoms with Crippen molar-refractivity contribution in [1.82, 2.24) is 0 Å². The molecule has 4 aromatic heterocycles. The molecule has 0 N–H and O–H groups in total. The van der Waals surface area contributed by atoms with Crippen LogP contribution in [0.25, 0.3) is 89.5 Å². The molecule has 0 saturated carbocycles. The summed E-state index contributed by atoms with van der Waals surface area (Å²) in [7, 11) is 7.80. The Morgan fingerprint density at radius 3 is 0.990 bits per heavy atom. The number of aryl methyl sites for hydroxylation is 15. The highest BCUT2D eigenvalue weighted by atomic mass is 14.9. The molecule has 8 aromatic carbocycles. The van der Waals surface area contributed by atoms with Crippen LogP contribution < -0.4 is 18.3 Å². The number of pyridine rings is 4. The molecule has 0 aliphatic heterocycles. The summed E-state index contributed by atoms with van der Waals surface area (Å²) in [4.78, 5) is 0. The fourth-order valence-electron chi connectivity index (χ4n) is 13.3. The molecule has 99 heavy (non-hydrogen) atoms. The molecule has 0 amide bonds. The fraction of sp³-hybridized carbons (Fsp3) is 0.284. The maximum absolute atomic E-state index is 8.70. The molecular formula is C95H110N4+4. The lowest BCUT2D eigenvalue weighted by atomic mass is 9.87. The smallest absolute Gasteiger partial charge is 0.201 e. The second-order valence-electron chi connectivity index (χ2n) is 27.7. The summed E-state index contributed by atoms with van der Waals surface area (Å²) < 4.78 is 153. The van der Waals surface area contributed by atoms with Gasteiger partial charge in [-0.05, 0) is 279 Å². The van der Waals surface area contributed by atoms with Crippen molar-refractivity contribution in [2.75, 3.05) is 0 Å². The lowest BCUT2D eigenvalue weighted by Gasteiger charge is -2.18. The van der Waals surface area contributed by atoms with Crippen LogP contribution in [0, 0.1) is 109 Å². The Hall–Kier alpha value is -9.64. The molecule has 0 radical (unpaired) electrons. The van der Waals surface area contributed by atoms with Gasteiger partial charge in [-0.1, -0.05) is 156 Å². The molecular weight excluding hydrogens is 1200 g/mol. The average Bonchev–Trinajstić information content (AvgIpc) is 0.772. The quantitative estimate of drug-likeness (QED) is 0.121. The van der Waals surface area contributed by atoms with Crippen LogP contribution in [0.3, 0.4) is 0 Å². The third-order valence-corrected chi connectivity index (χ3v) is 18.8. The summed E-state index contributed by atoms with van der Waals surface area (Å²) in [6, 6.07) is 59.6. The number of aromatic nitrogens is 4. The van der Waals surface area contributed by atoms with E-state index in [1.807, 2.05) is 253 Å². The van der Waals surface area contributed by atoms with Crippen LogP contribution in [0.4, 0.5) is 0 Å². The van der Waals surface area contributed by atoms with Gasteiger partial charge in [0.2, 0.25) is 22.8 Å². The largest absolute Gasteiger partial charge is 0.212 e. The molecule has 506 valence electrons. The van der Waals surface area contributed by atoms with Gasteiger partial charge < -0.3 is 0 Å². The molecule has 0 aliphatic carbocycles. The minimum atomic E-state index is -2.22. The zero-order valence-corrected chi connectivity index (χ0v) is 61.5. The van der Waals surface area contributed by atoms with E-state index in [0.717, 1.165) is 140 Å². The van der Waals surface area contributed by atoms with E-state index in [-0.39, 0.29) is 0 Å². The molecule has 4 nitrogen and oxygen atoms in total. The molecule has 0 fully saturated rings. The van der Waals surface area contributed by atoms with Gasteiger partial charge in [-0.2, -0.15) is 0 Å². The second-order valence-corrected chi connectivity index (χ2v) is 27.7. The normalized spacial score (nSPS) is 14.7. The van der Waals surface area contributed by atoms with E-state index in [1.165, 1.54) is 5.56 Å². The SMILES string of the molecule is [2H]C([2H])([2H])c1c[n+](C)c(-c2cccc(-c3c(C)cccc3C([2H])([2H])[2H])c2C)cc1C.[2H]C([2H])([2H])c1cccc(C)c1-c1cccc(-c2cc(C([2H])(C)C)cc[n+]2C)c1C.[2H]C([2H])([2H])c1cccc(C)c1-c1cccc(-c2cc(C([2H])([2H])C(C)(C)C)cc[n+]2C)c1C.[2H]C([2H])([2H])c1cccc(C)c1-c1cccc(-c2cc(C)cc[n+]2C)c1C. The van der Waals surface area contributed by atoms with Gasteiger partial charge in [0.25, 0.3) is 0 Å². The molecule has 0 unspecified atom stereocenters. The highest BCUT2D eigenvalue weighted by molar-refractivity contribution is 5.83. The minimum Gasteiger partial charge on any atom is -0.201 e. The highest BCUT2D eigenvalue weighted by Gasteiger charge is 2.24. The Labute approximate surface area is 621 Å². The van der Waals surface area contributed by atoms with Crippen molar-refractivity contribution in [3.8, 4) is 89.5 Å². The van der Waals surface area contributed by atoms with Crippen LogP contribution in [-0.4, -0.2) is 0 Å². The van der Waals surface area contributed by atoms with E-state index in [2.05, 4.69) is 54.9 Å². The molecule has 0 atom stereocenters. The molecule has 4 heteroatoms. The van der Waals surface area contributed by atoms with Gasteiger partial charge in [-0.15, -0.1) is 0 Å². The van der Waals surface area contributed by atoms with E-state index >= 15 is 0 Å². The molecule has 12 aromatic rings. The molecule has 0 aliphatic rings. The molecule has 4 heterocycles. The van der Waals surface area contributed by atoms with Gasteiger partial charge in [-0.25, -0.2) is 18.3 Å². The summed E-state index contributed by atoms with van der Waals surface area (Å²) >= 11 is 0. The Kier molecular flexibility index (Phi) is 16.7. The number of hydrogen-bond acceptors (Lipinski definition) is 0. The summed E-state index contributed by atoms with van der Waals surface area (Å²) in [5.41, 5.74) is 27.2. The van der Waals surface area contributed by atoms with Crippen molar-refractivity contribution in [2.24, 2.45) is 33.6 Å². The van der Waals surface area contributed by atoms with Crippen LogP contribution in [0.1, 0.15) is 160 Å². The topological polar surface area (TPSA) is 15.5 Å². The maximum atomic E-state index is 8.70. The molecule has 0 bridgehead atoms. The van der Waals surface area contributed by atoms with Gasteiger partial charge >= 0.3 is 0 Å². The van der Waals surface area contributed by atoms with Crippen LogP contribution >= 0.6 is 0 Å². The summed E-state index contributed by atoms with van der Waals surface area (Å²) in [5.74, 6) is -0.695. The van der Waals surface area contributed by atoms with E-state index in [9.17, 15) is 0 Å². The average molecular weight is 1330 g/mol. The first-order valence-corrected chi connectivity index (χ1v) is 33.9. The van der Waals surface area contributed by atoms with Crippen LogP contribution in [0.15, 0.2) is 213 Å². The van der Waals surface area contributed by atoms with Gasteiger partial charge in [0.1, 0.15) is 28.2 Å². The molecule has 0 saturated heterocycles. The van der Waals surface area contributed by atoms with Gasteiger partial charge in [0.05, 0.1) is 0 Å². The maximum Gasteiger partial charge on any atom is 0.212 e. The van der Waals surface area contributed by atoms with Crippen LogP contribution in [0.2, 0.25) is 0 Å². The Bertz CT molecular complexity index is 5690. The van der Waals surface area contributed by atoms with Crippen molar-refractivity contribution >= 4 is 0 Å². The number of benzene rings is 8. The Morgan fingerprint density at radius 1 is 0.333 bits per heavy atom.